The number of hydrogen-bond donors (Lipinski definition) is 1. The fourth-order valence-electron chi connectivity index (χ4n) is 5.41. The Morgan fingerprint density at radius 3 is 2.71 bits per heavy atom. The van der Waals surface area contributed by atoms with Gasteiger partial charge in [-0.2, -0.15) is 0 Å². The molecule has 4 aliphatic rings. The standard InChI is InChI=1S/C21H31N3O3S/c1-23-9-10-24(15-20(23)5-12-26-13-6-20)19(25)17-14-16-2-11-27-21(18(16)28-17)3-7-22-8-4-21/h14,22H,2-13,15H2,1H3. The van der Waals surface area contributed by atoms with Crippen molar-refractivity contribution in [3.05, 3.63) is 21.4 Å². The third-order valence-corrected chi connectivity index (χ3v) is 8.66. The summed E-state index contributed by atoms with van der Waals surface area (Å²) in [6.07, 6.45) is 4.96. The minimum Gasteiger partial charge on any atom is -0.381 e. The van der Waals surface area contributed by atoms with Crippen LogP contribution in [0.1, 0.15) is 45.8 Å². The predicted molar refractivity (Wildman–Crippen MR) is 109 cm³/mol. The van der Waals surface area contributed by atoms with Gasteiger partial charge in [-0.25, -0.2) is 0 Å². The van der Waals surface area contributed by atoms with E-state index in [1.807, 2.05) is 0 Å². The Hall–Kier alpha value is -0.990. The van der Waals surface area contributed by atoms with E-state index < -0.39 is 0 Å². The first-order chi connectivity index (χ1) is 13.6. The van der Waals surface area contributed by atoms with Crippen molar-refractivity contribution in [2.75, 3.05) is 59.6 Å². The Balaban J connectivity index is 1.39. The molecule has 1 aromatic heterocycles. The second-order valence-electron chi connectivity index (χ2n) is 8.79. The summed E-state index contributed by atoms with van der Waals surface area (Å²) >= 11 is 1.70. The normalized spacial score (nSPS) is 27.1. The molecule has 0 radical (unpaired) electrons. The lowest BCUT2D eigenvalue weighted by Crippen LogP contribution is -2.63. The first-order valence-electron chi connectivity index (χ1n) is 10.7. The molecule has 5 heterocycles. The molecule has 0 bridgehead atoms. The highest BCUT2D eigenvalue weighted by molar-refractivity contribution is 7.14. The van der Waals surface area contributed by atoms with Crippen molar-refractivity contribution in [3.63, 3.8) is 0 Å². The van der Waals surface area contributed by atoms with E-state index >= 15 is 0 Å². The molecule has 0 unspecified atom stereocenters. The van der Waals surface area contributed by atoms with Crippen molar-refractivity contribution in [3.8, 4) is 0 Å². The number of nitrogens with zero attached hydrogens (tertiary/aromatic N) is 2. The van der Waals surface area contributed by atoms with E-state index in [4.69, 9.17) is 9.47 Å². The Bertz CT molecular complexity index is 737. The van der Waals surface area contributed by atoms with Gasteiger partial charge in [0.1, 0.15) is 5.60 Å². The number of fused-ring (bicyclic) bond motifs is 2. The number of thiophene rings is 1. The minimum atomic E-state index is -0.161. The maximum absolute atomic E-state index is 13.5. The molecule has 28 heavy (non-hydrogen) atoms. The number of piperidine rings is 1. The van der Waals surface area contributed by atoms with Gasteiger partial charge >= 0.3 is 0 Å². The highest BCUT2D eigenvalue weighted by Gasteiger charge is 2.44. The molecule has 2 spiro atoms. The van der Waals surface area contributed by atoms with Gasteiger partial charge in [0, 0.05) is 43.3 Å². The molecular weight excluding hydrogens is 374 g/mol. The van der Waals surface area contributed by atoms with Crippen LogP contribution in [-0.4, -0.2) is 80.8 Å². The zero-order valence-corrected chi connectivity index (χ0v) is 17.6. The number of carbonyl (C=O) groups excluding carboxylic acids is 1. The van der Waals surface area contributed by atoms with Crippen molar-refractivity contribution in [1.82, 2.24) is 15.1 Å². The molecule has 7 heteroatoms. The number of nitrogens with one attached hydrogen (secondary N) is 1. The van der Waals surface area contributed by atoms with E-state index in [0.717, 1.165) is 89.5 Å². The first-order valence-corrected chi connectivity index (χ1v) is 11.5. The van der Waals surface area contributed by atoms with E-state index in [-0.39, 0.29) is 17.0 Å². The van der Waals surface area contributed by atoms with Crippen LogP contribution in [0.15, 0.2) is 6.07 Å². The van der Waals surface area contributed by atoms with Gasteiger partial charge in [-0.15, -0.1) is 11.3 Å². The summed E-state index contributed by atoms with van der Waals surface area (Å²) in [4.78, 5) is 20.2. The molecule has 3 saturated heterocycles. The van der Waals surface area contributed by atoms with Crippen LogP contribution in [0.25, 0.3) is 0 Å². The van der Waals surface area contributed by atoms with Gasteiger partial charge in [0.2, 0.25) is 0 Å². The molecule has 6 nitrogen and oxygen atoms in total. The summed E-state index contributed by atoms with van der Waals surface area (Å²) in [5, 5.41) is 3.44. The number of hydrogen-bond acceptors (Lipinski definition) is 6. The molecule has 5 rings (SSSR count). The Morgan fingerprint density at radius 2 is 1.93 bits per heavy atom. The monoisotopic (exact) mass is 405 g/mol. The van der Waals surface area contributed by atoms with Gasteiger partial charge in [-0.05, 0) is 63.9 Å². The van der Waals surface area contributed by atoms with E-state index in [9.17, 15) is 4.79 Å². The molecular formula is C21H31N3O3S. The lowest BCUT2D eigenvalue weighted by atomic mass is 9.85. The average molecular weight is 406 g/mol. The smallest absolute Gasteiger partial charge is 0.264 e. The summed E-state index contributed by atoms with van der Waals surface area (Å²) in [5.41, 5.74) is 1.27. The van der Waals surface area contributed by atoms with E-state index in [0.29, 0.717) is 0 Å². The second-order valence-corrected chi connectivity index (χ2v) is 9.84. The van der Waals surface area contributed by atoms with Gasteiger partial charge in [0.25, 0.3) is 5.91 Å². The SMILES string of the molecule is CN1CCN(C(=O)c2cc3c(s2)C2(CCNCC2)OCC3)CC12CCOCC2. The first kappa shape index (κ1) is 19.0. The predicted octanol–water partition coefficient (Wildman–Crippen LogP) is 1.84. The third kappa shape index (κ3) is 3.12. The van der Waals surface area contributed by atoms with Crippen LogP contribution in [0.2, 0.25) is 0 Å². The van der Waals surface area contributed by atoms with E-state index in [2.05, 4.69) is 28.2 Å². The maximum Gasteiger partial charge on any atom is 0.264 e. The average Bonchev–Trinajstić information content (AvgIpc) is 3.17. The minimum absolute atomic E-state index is 0.0857. The van der Waals surface area contributed by atoms with Crippen LogP contribution < -0.4 is 5.32 Å². The summed E-state index contributed by atoms with van der Waals surface area (Å²) < 4.78 is 11.9. The highest BCUT2D eigenvalue weighted by Crippen LogP contribution is 2.44. The van der Waals surface area contributed by atoms with Gasteiger partial charge in [-0.3, -0.25) is 9.69 Å². The molecule has 1 aromatic rings. The number of rotatable bonds is 1. The van der Waals surface area contributed by atoms with Crippen LogP contribution in [0.5, 0.6) is 0 Å². The van der Waals surface area contributed by atoms with E-state index in [1.165, 1.54) is 10.4 Å². The van der Waals surface area contributed by atoms with Crippen molar-refractivity contribution in [1.29, 1.82) is 0 Å². The largest absolute Gasteiger partial charge is 0.381 e. The fraction of sp³-hybridized carbons (Fsp3) is 0.762. The van der Waals surface area contributed by atoms with E-state index in [1.54, 1.807) is 11.3 Å². The highest BCUT2D eigenvalue weighted by atomic mass is 32.1. The van der Waals surface area contributed by atoms with Crippen molar-refractivity contribution in [2.24, 2.45) is 0 Å². The van der Waals surface area contributed by atoms with Crippen molar-refractivity contribution in [2.45, 2.75) is 43.2 Å². The van der Waals surface area contributed by atoms with Gasteiger partial charge in [-0.1, -0.05) is 0 Å². The Kier molecular flexibility index (Phi) is 5.00. The molecule has 0 aromatic carbocycles. The molecule has 0 aliphatic carbocycles. The van der Waals surface area contributed by atoms with Gasteiger partial charge in [0.05, 0.1) is 11.5 Å². The number of amides is 1. The Labute approximate surface area is 171 Å². The van der Waals surface area contributed by atoms with Crippen LogP contribution in [0, 0.1) is 0 Å². The summed E-state index contributed by atoms with van der Waals surface area (Å²) in [5.74, 6) is 0.211. The quantitative estimate of drug-likeness (QED) is 0.773. The van der Waals surface area contributed by atoms with Gasteiger partial charge < -0.3 is 19.7 Å². The van der Waals surface area contributed by atoms with Crippen LogP contribution in [0.3, 0.4) is 0 Å². The fourth-order valence-corrected chi connectivity index (χ4v) is 6.79. The summed E-state index contributed by atoms with van der Waals surface area (Å²) in [7, 11) is 2.20. The lowest BCUT2D eigenvalue weighted by molar-refractivity contribution is -0.0771. The molecule has 1 amide bonds. The topological polar surface area (TPSA) is 54.0 Å². The molecule has 4 aliphatic heterocycles. The molecule has 0 saturated carbocycles. The molecule has 154 valence electrons. The van der Waals surface area contributed by atoms with Crippen molar-refractivity contribution < 1.29 is 14.3 Å². The van der Waals surface area contributed by atoms with Crippen LogP contribution in [0.4, 0.5) is 0 Å². The molecule has 3 fully saturated rings. The molecule has 0 atom stereocenters. The molecule has 1 N–H and O–H groups in total. The van der Waals surface area contributed by atoms with Gasteiger partial charge in [0.15, 0.2) is 0 Å². The number of carbonyl (C=O) groups is 1. The summed E-state index contributed by atoms with van der Waals surface area (Å²) in [6, 6.07) is 2.17. The van der Waals surface area contributed by atoms with Crippen LogP contribution in [-0.2, 0) is 21.5 Å². The maximum atomic E-state index is 13.5. The second kappa shape index (κ2) is 7.36. The number of piperazine rings is 1. The lowest BCUT2D eigenvalue weighted by Gasteiger charge is -2.51. The Morgan fingerprint density at radius 1 is 1.14 bits per heavy atom. The third-order valence-electron chi connectivity index (χ3n) is 7.31. The van der Waals surface area contributed by atoms with Crippen molar-refractivity contribution >= 4 is 17.2 Å². The van der Waals surface area contributed by atoms with Crippen LogP contribution >= 0.6 is 11.3 Å². The number of likely N-dealkylation sites (N-methyl/N-ethyl adjacent to an activating group) is 1. The zero-order chi connectivity index (χ0) is 19.2. The summed E-state index contributed by atoms with van der Waals surface area (Å²) in [6.45, 7) is 6.92. The number of ether oxygens (including phenoxy) is 2. The zero-order valence-electron chi connectivity index (χ0n) is 16.8.